The first kappa shape index (κ1) is 26.4. The summed E-state index contributed by atoms with van der Waals surface area (Å²) in [5.74, 6) is -1.26. The number of nitrogens with zero attached hydrogens (tertiary/aromatic N) is 1. The van der Waals surface area contributed by atoms with Crippen LogP contribution >= 0.6 is 0 Å². The van der Waals surface area contributed by atoms with Crippen LogP contribution in [0.4, 0.5) is 4.39 Å². The quantitative estimate of drug-likeness (QED) is 0.576. The minimum absolute atomic E-state index is 0.0208. The zero-order valence-corrected chi connectivity index (χ0v) is 23.2. The summed E-state index contributed by atoms with van der Waals surface area (Å²) in [6.45, 7) is 6.60. The van der Waals surface area contributed by atoms with Crippen molar-refractivity contribution in [2.75, 3.05) is 18.1 Å². The molecule has 2 fully saturated rings. The Morgan fingerprint density at radius 2 is 1.76 bits per heavy atom. The number of benzene rings is 2. The number of sulfone groups is 2. The highest BCUT2D eigenvalue weighted by atomic mass is 32.2. The van der Waals surface area contributed by atoms with Crippen molar-refractivity contribution in [3.63, 3.8) is 0 Å². The molecule has 1 amide bonds. The average Bonchev–Trinajstić information content (AvgIpc) is 3.24. The van der Waals surface area contributed by atoms with E-state index in [1.54, 1.807) is 4.90 Å². The van der Waals surface area contributed by atoms with Gasteiger partial charge in [0.05, 0.1) is 22.4 Å². The Kier molecular flexibility index (Phi) is 6.34. The van der Waals surface area contributed by atoms with E-state index in [-0.39, 0.29) is 53.5 Å². The molecule has 0 aromatic heterocycles. The molecule has 3 aliphatic rings. The molecule has 2 aromatic rings. The molecule has 0 radical (unpaired) electrons. The lowest BCUT2D eigenvalue weighted by molar-refractivity contribution is -0.137. The van der Waals surface area contributed by atoms with E-state index in [0.29, 0.717) is 18.4 Å². The van der Waals surface area contributed by atoms with Crippen molar-refractivity contribution in [3.05, 3.63) is 65.0 Å². The minimum atomic E-state index is -4.09. The third-order valence-corrected chi connectivity index (χ3v) is 12.8. The normalized spacial score (nSPS) is 25.9. The number of rotatable bonds is 3. The molecule has 2 atom stereocenters. The van der Waals surface area contributed by atoms with Gasteiger partial charge in [-0.15, -0.1) is 0 Å². The van der Waals surface area contributed by atoms with Gasteiger partial charge in [0.1, 0.15) is 20.4 Å². The van der Waals surface area contributed by atoms with E-state index in [4.69, 9.17) is 0 Å². The van der Waals surface area contributed by atoms with Gasteiger partial charge in [-0.05, 0) is 72.4 Å². The Morgan fingerprint density at radius 1 is 1.05 bits per heavy atom. The molecule has 5 rings (SSSR count). The minimum Gasteiger partial charge on any atom is -0.337 e. The number of aryl methyl sites for hydroxylation is 1. The zero-order chi connectivity index (χ0) is 26.8. The molecule has 2 unspecified atom stereocenters. The van der Waals surface area contributed by atoms with Gasteiger partial charge in [0.25, 0.3) is 0 Å². The fourth-order valence-corrected chi connectivity index (χ4v) is 10.4. The van der Waals surface area contributed by atoms with Gasteiger partial charge in [-0.3, -0.25) is 4.79 Å². The summed E-state index contributed by atoms with van der Waals surface area (Å²) in [5, 5.41) is 0. The molecule has 1 aliphatic carbocycles. The molecule has 200 valence electrons. The first-order valence-electron chi connectivity index (χ1n) is 12.9. The molecule has 37 heavy (non-hydrogen) atoms. The number of carbonyl (C=O) groups excluding carboxylic acids is 1. The number of carbonyl (C=O) groups is 1. The van der Waals surface area contributed by atoms with Gasteiger partial charge in [0.15, 0.2) is 9.84 Å². The summed E-state index contributed by atoms with van der Waals surface area (Å²) < 4.78 is 65.6. The molecule has 0 saturated carbocycles. The van der Waals surface area contributed by atoms with E-state index in [9.17, 15) is 26.0 Å². The summed E-state index contributed by atoms with van der Waals surface area (Å²) in [5.41, 5.74) is 2.65. The number of fused-ring (bicyclic) bond motifs is 3. The molecular weight excluding hydrogens is 513 g/mol. The maximum absolute atomic E-state index is 14.4. The van der Waals surface area contributed by atoms with Crippen molar-refractivity contribution in [1.29, 1.82) is 0 Å². The van der Waals surface area contributed by atoms with Gasteiger partial charge in [-0.25, -0.2) is 21.2 Å². The van der Waals surface area contributed by atoms with E-state index in [1.807, 2.05) is 12.1 Å². The molecule has 2 heterocycles. The Hall–Kier alpha value is -2.26. The van der Waals surface area contributed by atoms with E-state index in [2.05, 4.69) is 26.8 Å². The van der Waals surface area contributed by atoms with E-state index >= 15 is 0 Å². The fraction of sp³-hybridized carbons (Fsp3) is 0.536. The first-order chi connectivity index (χ1) is 17.3. The van der Waals surface area contributed by atoms with Crippen molar-refractivity contribution in [3.8, 4) is 0 Å². The van der Waals surface area contributed by atoms with Crippen molar-refractivity contribution < 1.29 is 26.0 Å². The highest BCUT2D eigenvalue weighted by Crippen LogP contribution is 2.53. The van der Waals surface area contributed by atoms with Crippen LogP contribution in [0.25, 0.3) is 0 Å². The van der Waals surface area contributed by atoms with Crippen LogP contribution in [0.2, 0.25) is 0 Å². The van der Waals surface area contributed by atoms with Crippen LogP contribution in [-0.4, -0.2) is 51.7 Å². The van der Waals surface area contributed by atoms with Crippen molar-refractivity contribution in [2.24, 2.45) is 5.92 Å². The van der Waals surface area contributed by atoms with Crippen LogP contribution in [-0.2, 0) is 41.1 Å². The predicted octanol–water partition coefficient (Wildman–Crippen LogP) is 4.16. The standard InChI is InChI=1S/C28H34FNO5S2/c1-27(2,3)21-8-9-24-20(17-21)7-10-25-28(24,37(34,35)23-6-4-5-22(29)18-23)13-14-30(25)26(31)19-11-15-36(32,33)16-12-19/h4-6,8-9,17-19,25H,7,10-16H2,1-3H3. The van der Waals surface area contributed by atoms with Gasteiger partial charge >= 0.3 is 0 Å². The summed E-state index contributed by atoms with van der Waals surface area (Å²) in [7, 11) is -7.22. The lowest BCUT2D eigenvalue weighted by atomic mass is 9.75. The smallest absolute Gasteiger partial charge is 0.226 e. The van der Waals surface area contributed by atoms with Gasteiger partial charge in [-0.1, -0.05) is 45.0 Å². The molecular formula is C28H34FNO5S2. The second kappa shape index (κ2) is 8.90. The summed E-state index contributed by atoms with van der Waals surface area (Å²) in [6.07, 6.45) is 1.85. The largest absolute Gasteiger partial charge is 0.337 e. The van der Waals surface area contributed by atoms with Crippen LogP contribution in [0, 0.1) is 11.7 Å². The van der Waals surface area contributed by atoms with Crippen molar-refractivity contribution >= 4 is 25.6 Å². The van der Waals surface area contributed by atoms with Gasteiger partial charge in [0.2, 0.25) is 5.91 Å². The molecule has 2 aromatic carbocycles. The fourth-order valence-electron chi connectivity index (χ4n) is 6.47. The molecule has 0 spiro atoms. The number of hydrogen-bond acceptors (Lipinski definition) is 5. The lowest BCUT2D eigenvalue weighted by Gasteiger charge is -2.43. The third-order valence-electron chi connectivity index (χ3n) is 8.53. The second-order valence-corrected chi connectivity index (χ2v) is 16.2. The summed E-state index contributed by atoms with van der Waals surface area (Å²) in [6, 6.07) is 10.5. The maximum Gasteiger partial charge on any atom is 0.226 e. The number of amides is 1. The molecule has 6 nitrogen and oxygen atoms in total. The maximum atomic E-state index is 14.4. The van der Waals surface area contributed by atoms with Crippen LogP contribution in [0.3, 0.4) is 0 Å². The van der Waals surface area contributed by atoms with Crippen LogP contribution < -0.4 is 0 Å². The number of likely N-dealkylation sites (tertiary alicyclic amines) is 1. The average molecular weight is 548 g/mol. The van der Waals surface area contributed by atoms with Crippen LogP contribution in [0.1, 0.15) is 63.1 Å². The lowest BCUT2D eigenvalue weighted by Crippen LogP contribution is -2.53. The zero-order valence-electron chi connectivity index (χ0n) is 21.5. The first-order valence-corrected chi connectivity index (χ1v) is 16.2. The third kappa shape index (κ3) is 4.32. The topological polar surface area (TPSA) is 88.6 Å². The summed E-state index contributed by atoms with van der Waals surface area (Å²) in [4.78, 5) is 15.3. The summed E-state index contributed by atoms with van der Waals surface area (Å²) >= 11 is 0. The number of halogens is 1. The van der Waals surface area contributed by atoms with Crippen LogP contribution in [0.15, 0.2) is 47.4 Å². The van der Waals surface area contributed by atoms with Gasteiger partial charge in [0, 0.05) is 12.5 Å². The van der Waals surface area contributed by atoms with Crippen LogP contribution in [0.5, 0.6) is 0 Å². The molecule has 2 saturated heterocycles. The Balaban J connectivity index is 1.62. The molecule has 0 N–H and O–H groups in total. The molecule has 2 aliphatic heterocycles. The van der Waals surface area contributed by atoms with Gasteiger partial charge < -0.3 is 4.90 Å². The van der Waals surface area contributed by atoms with E-state index < -0.39 is 42.2 Å². The molecule has 9 heteroatoms. The SMILES string of the molecule is CC(C)(C)c1ccc2c(c1)CCC1N(C(=O)C3CCS(=O)(=O)CC3)CCC21S(=O)(=O)c1cccc(F)c1. The van der Waals surface area contributed by atoms with E-state index in [1.165, 1.54) is 18.2 Å². The Bertz CT molecular complexity index is 1450. The van der Waals surface area contributed by atoms with Crippen molar-refractivity contribution in [2.45, 2.75) is 74.0 Å². The highest BCUT2D eigenvalue weighted by molar-refractivity contribution is 7.92. The monoisotopic (exact) mass is 547 g/mol. The Labute approximate surface area is 219 Å². The van der Waals surface area contributed by atoms with E-state index in [0.717, 1.165) is 17.2 Å². The molecule has 0 bridgehead atoms. The Morgan fingerprint density at radius 3 is 2.41 bits per heavy atom. The van der Waals surface area contributed by atoms with Gasteiger partial charge in [-0.2, -0.15) is 0 Å². The second-order valence-electron chi connectivity index (χ2n) is 11.7. The predicted molar refractivity (Wildman–Crippen MR) is 140 cm³/mol. The number of hydrogen-bond donors (Lipinski definition) is 0. The van der Waals surface area contributed by atoms with Crippen molar-refractivity contribution in [1.82, 2.24) is 4.90 Å². The highest BCUT2D eigenvalue weighted by Gasteiger charge is 2.61.